The number of amides is 1. The molecule has 130 valence electrons. The highest BCUT2D eigenvalue weighted by Crippen LogP contribution is 2.34. The molecule has 0 aromatic carbocycles. The van der Waals surface area contributed by atoms with Crippen molar-refractivity contribution in [3.05, 3.63) is 29.6 Å². The van der Waals surface area contributed by atoms with Crippen LogP contribution >= 0.6 is 0 Å². The average Bonchev–Trinajstić information content (AvgIpc) is 3.06. The third-order valence-corrected chi connectivity index (χ3v) is 3.48. The van der Waals surface area contributed by atoms with Gasteiger partial charge < -0.3 is 9.47 Å². The molecule has 1 aliphatic heterocycles. The number of nitrogens with zero attached hydrogens (tertiary/aromatic N) is 2. The molecule has 1 unspecified atom stereocenters. The average molecular weight is 336 g/mol. The molecule has 24 heavy (non-hydrogen) atoms. The Kier molecular flexibility index (Phi) is 5.75. The summed E-state index contributed by atoms with van der Waals surface area (Å²) in [6, 6.07) is 2.39. The molecule has 2 heterocycles. The van der Waals surface area contributed by atoms with Gasteiger partial charge in [-0.3, -0.25) is 14.2 Å². The van der Waals surface area contributed by atoms with E-state index in [0.29, 0.717) is 11.4 Å². The van der Waals surface area contributed by atoms with Gasteiger partial charge in [-0.25, -0.2) is 9.59 Å². The lowest BCUT2D eigenvalue weighted by Crippen LogP contribution is -2.30. The Balaban J connectivity index is 2.27. The summed E-state index contributed by atoms with van der Waals surface area (Å²) < 4.78 is 11.1. The van der Waals surface area contributed by atoms with E-state index >= 15 is 0 Å². The van der Waals surface area contributed by atoms with Gasteiger partial charge >= 0.3 is 18.0 Å². The number of carbonyl (C=O) groups excluding carboxylic acids is 3. The monoisotopic (exact) mass is 336 g/mol. The van der Waals surface area contributed by atoms with Crippen LogP contribution in [0, 0.1) is 0 Å². The van der Waals surface area contributed by atoms with E-state index in [-0.39, 0.29) is 19.6 Å². The molecule has 0 radical (unpaired) electrons. The molecule has 0 saturated heterocycles. The van der Waals surface area contributed by atoms with Gasteiger partial charge in [0.05, 0.1) is 38.1 Å². The Morgan fingerprint density at radius 3 is 2.54 bits per heavy atom. The number of rotatable bonds is 7. The molecule has 1 aromatic heterocycles. The first kappa shape index (κ1) is 17.7. The molecule has 0 bridgehead atoms. The molecule has 0 aliphatic carbocycles. The second-order valence-corrected chi connectivity index (χ2v) is 4.92. The lowest BCUT2D eigenvalue weighted by atomic mass is 10.1. The van der Waals surface area contributed by atoms with Crippen LogP contribution in [0.2, 0.25) is 0 Å². The van der Waals surface area contributed by atoms with Crippen molar-refractivity contribution in [1.82, 2.24) is 9.63 Å². The number of aromatic nitrogens is 1. The van der Waals surface area contributed by atoms with Crippen molar-refractivity contribution in [1.29, 1.82) is 0 Å². The zero-order valence-corrected chi connectivity index (χ0v) is 13.9. The first-order valence-electron chi connectivity index (χ1n) is 7.63. The molecule has 0 fully saturated rings. The van der Waals surface area contributed by atoms with Crippen molar-refractivity contribution in [3.63, 3.8) is 0 Å². The molecule has 2 rings (SSSR count). The number of fused-ring (bicyclic) bond motifs is 1. The molecule has 1 atom stereocenters. The summed E-state index contributed by atoms with van der Waals surface area (Å²) >= 11 is 0. The first-order chi connectivity index (χ1) is 11.5. The molecular formula is C16H20N2O6. The van der Waals surface area contributed by atoms with Crippen molar-refractivity contribution in [2.24, 2.45) is 0 Å². The van der Waals surface area contributed by atoms with Gasteiger partial charge in [-0.15, -0.1) is 0 Å². The van der Waals surface area contributed by atoms with Crippen LogP contribution < -0.4 is 0 Å². The van der Waals surface area contributed by atoms with E-state index in [4.69, 9.17) is 14.3 Å². The fourth-order valence-corrected chi connectivity index (χ4v) is 2.55. The number of ether oxygens (including phenoxy) is 2. The fraction of sp³-hybridized carbons (Fsp3) is 0.438. The van der Waals surface area contributed by atoms with Gasteiger partial charge in [-0.05, 0) is 32.1 Å². The zero-order valence-electron chi connectivity index (χ0n) is 13.9. The van der Waals surface area contributed by atoms with Crippen molar-refractivity contribution >= 4 is 24.0 Å². The first-order valence-corrected chi connectivity index (χ1v) is 7.63. The maximum Gasteiger partial charge on any atom is 0.353 e. The van der Waals surface area contributed by atoms with Crippen molar-refractivity contribution < 1.29 is 28.7 Å². The van der Waals surface area contributed by atoms with Crippen molar-refractivity contribution in [2.45, 2.75) is 26.3 Å². The quantitative estimate of drug-likeness (QED) is 0.558. The molecular weight excluding hydrogens is 316 g/mol. The predicted octanol–water partition coefficient (Wildman–Crippen LogP) is 1.90. The van der Waals surface area contributed by atoms with Gasteiger partial charge in [0, 0.05) is 6.08 Å². The van der Waals surface area contributed by atoms with Gasteiger partial charge in [0.1, 0.15) is 6.04 Å². The SMILES string of the molecule is CCOC(=O)/C=C/c1ccc2n1C(=O)N(OC)C2CC(=O)OCC. The lowest BCUT2D eigenvalue weighted by Gasteiger charge is -2.20. The highest BCUT2D eigenvalue weighted by atomic mass is 16.7. The van der Waals surface area contributed by atoms with Crippen LogP contribution in [0.4, 0.5) is 4.79 Å². The lowest BCUT2D eigenvalue weighted by molar-refractivity contribution is -0.151. The Labute approximate surface area is 139 Å². The smallest absolute Gasteiger partial charge is 0.353 e. The van der Waals surface area contributed by atoms with E-state index in [1.165, 1.54) is 23.8 Å². The number of hydrogen-bond acceptors (Lipinski definition) is 6. The Bertz CT molecular complexity index is 664. The minimum absolute atomic E-state index is 0.0154. The van der Waals surface area contributed by atoms with Crippen molar-refractivity contribution in [3.8, 4) is 0 Å². The molecule has 8 nitrogen and oxygen atoms in total. The number of hydroxylamine groups is 2. The third kappa shape index (κ3) is 3.48. The summed E-state index contributed by atoms with van der Waals surface area (Å²) in [5, 5.41) is 1.12. The summed E-state index contributed by atoms with van der Waals surface area (Å²) in [6.45, 7) is 3.96. The van der Waals surface area contributed by atoms with Crippen LogP contribution in [0.25, 0.3) is 6.08 Å². The van der Waals surface area contributed by atoms with Crippen LogP contribution in [0.15, 0.2) is 18.2 Å². The van der Waals surface area contributed by atoms with Gasteiger partial charge in [0.25, 0.3) is 0 Å². The second kappa shape index (κ2) is 7.78. The number of hydrogen-bond donors (Lipinski definition) is 0. The molecule has 8 heteroatoms. The molecule has 0 spiro atoms. The van der Waals surface area contributed by atoms with E-state index in [9.17, 15) is 14.4 Å². The number of carbonyl (C=O) groups is 3. The van der Waals surface area contributed by atoms with Crippen LogP contribution in [-0.4, -0.2) is 47.9 Å². The molecule has 0 saturated carbocycles. The number of esters is 2. The maximum absolute atomic E-state index is 12.5. The summed E-state index contributed by atoms with van der Waals surface area (Å²) in [5.41, 5.74) is 1.09. The van der Waals surface area contributed by atoms with Gasteiger partial charge in [-0.1, -0.05) is 0 Å². The normalized spacial score (nSPS) is 16.5. The van der Waals surface area contributed by atoms with Crippen LogP contribution in [-0.2, 0) is 23.9 Å². The second-order valence-electron chi connectivity index (χ2n) is 4.92. The standard InChI is InChI=1S/C16H20N2O6/c1-4-23-14(19)9-7-11-6-8-12-13(10-15(20)24-5-2)18(22-3)16(21)17(11)12/h6-9,13H,4-5,10H2,1-3H3/b9-7+. The van der Waals surface area contributed by atoms with Gasteiger partial charge in [-0.2, -0.15) is 5.06 Å². The van der Waals surface area contributed by atoms with E-state index < -0.39 is 24.0 Å². The predicted molar refractivity (Wildman–Crippen MR) is 83.7 cm³/mol. The van der Waals surface area contributed by atoms with Crippen LogP contribution in [0.3, 0.4) is 0 Å². The van der Waals surface area contributed by atoms with Gasteiger partial charge in [0.15, 0.2) is 0 Å². The minimum atomic E-state index is -0.578. The summed E-state index contributed by atoms with van der Waals surface area (Å²) in [4.78, 5) is 40.8. The topological polar surface area (TPSA) is 87.1 Å². The maximum atomic E-state index is 12.5. The minimum Gasteiger partial charge on any atom is -0.466 e. The zero-order chi connectivity index (χ0) is 17.7. The third-order valence-electron chi connectivity index (χ3n) is 3.48. The van der Waals surface area contributed by atoms with E-state index in [1.54, 1.807) is 26.0 Å². The van der Waals surface area contributed by atoms with E-state index in [1.807, 2.05) is 0 Å². The highest BCUT2D eigenvalue weighted by Gasteiger charge is 2.40. The Morgan fingerprint density at radius 2 is 1.92 bits per heavy atom. The Hall–Kier alpha value is -2.61. The summed E-state index contributed by atoms with van der Waals surface area (Å²) in [5.74, 6) is -0.916. The van der Waals surface area contributed by atoms with Crippen LogP contribution in [0.5, 0.6) is 0 Å². The van der Waals surface area contributed by atoms with Crippen LogP contribution in [0.1, 0.15) is 37.7 Å². The molecule has 1 aromatic rings. The fourth-order valence-electron chi connectivity index (χ4n) is 2.55. The van der Waals surface area contributed by atoms with Crippen molar-refractivity contribution in [2.75, 3.05) is 20.3 Å². The summed E-state index contributed by atoms with van der Waals surface area (Å²) in [6.07, 6.45) is 2.72. The molecule has 1 aliphatic rings. The Morgan fingerprint density at radius 1 is 1.21 bits per heavy atom. The van der Waals surface area contributed by atoms with E-state index in [0.717, 1.165) is 5.06 Å². The summed E-state index contributed by atoms with van der Waals surface area (Å²) in [7, 11) is 1.36. The highest BCUT2D eigenvalue weighted by molar-refractivity contribution is 5.89. The van der Waals surface area contributed by atoms with Gasteiger partial charge in [0.2, 0.25) is 0 Å². The molecule has 1 amide bonds. The van der Waals surface area contributed by atoms with E-state index in [2.05, 4.69) is 0 Å². The largest absolute Gasteiger partial charge is 0.466 e. The molecule has 0 N–H and O–H groups in total.